The number of hydrogen-bond acceptors (Lipinski definition) is 3. The van der Waals surface area contributed by atoms with Gasteiger partial charge >= 0.3 is 0 Å². The van der Waals surface area contributed by atoms with Gasteiger partial charge in [-0.1, -0.05) is 48.0 Å². The summed E-state index contributed by atoms with van der Waals surface area (Å²) in [5, 5.41) is 4.01. The molecule has 0 aliphatic carbocycles. The summed E-state index contributed by atoms with van der Waals surface area (Å²) >= 11 is 9.40. The van der Waals surface area contributed by atoms with Crippen LogP contribution in [0.5, 0.6) is 11.5 Å². The summed E-state index contributed by atoms with van der Waals surface area (Å²) in [6.45, 7) is 10.1. The second kappa shape index (κ2) is 8.55. The number of nitrogens with one attached hydrogen (secondary N) is 1. The fraction of sp³-hybridized carbons (Fsp3) is 0.467. The molecule has 112 valence electrons. The molecule has 0 saturated heterocycles. The van der Waals surface area contributed by atoms with Crippen LogP contribution in [0, 0.1) is 5.92 Å². The summed E-state index contributed by atoms with van der Waals surface area (Å²) in [5.74, 6) is 1.92. The van der Waals surface area contributed by atoms with Gasteiger partial charge in [-0.05, 0) is 18.5 Å². The molecular formula is C15H21BrClNO2. The van der Waals surface area contributed by atoms with E-state index in [-0.39, 0.29) is 0 Å². The van der Waals surface area contributed by atoms with E-state index in [2.05, 4.69) is 41.7 Å². The Balaban J connectivity index is 2.92. The van der Waals surface area contributed by atoms with Crippen LogP contribution in [0.15, 0.2) is 23.2 Å². The van der Waals surface area contributed by atoms with E-state index < -0.39 is 0 Å². The van der Waals surface area contributed by atoms with E-state index in [1.165, 1.54) is 0 Å². The molecule has 3 nitrogen and oxygen atoms in total. The van der Waals surface area contributed by atoms with Crippen molar-refractivity contribution in [3.8, 4) is 11.5 Å². The summed E-state index contributed by atoms with van der Waals surface area (Å²) in [6.07, 6.45) is 0. The van der Waals surface area contributed by atoms with Gasteiger partial charge in [0.25, 0.3) is 0 Å². The first-order valence-electron chi connectivity index (χ1n) is 6.47. The molecule has 0 heterocycles. The Bertz CT molecular complexity index is 463. The van der Waals surface area contributed by atoms with Crippen molar-refractivity contribution in [1.29, 1.82) is 0 Å². The Morgan fingerprint density at radius 1 is 1.45 bits per heavy atom. The monoisotopic (exact) mass is 361 g/mol. The summed E-state index contributed by atoms with van der Waals surface area (Å²) in [4.78, 5) is 0. The van der Waals surface area contributed by atoms with E-state index in [1.54, 1.807) is 13.2 Å². The fourth-order valence-electron chi connectivity index (χ4n) is 1.72. The normalized spacial score (nSPS) is 10.7. The van der Waals surface area contributed by atoms with Crippen molar-refractivity contribution in [2.75, 3.05) is 20.3 Å². The Labute approximate surface area is 134 Å². The van der Waals surface area contributed by atoms with Gasteiger partial charge in [-0.25, -0.2) is 0 Å². The van der Waals surface area contributed by atoms with Crippen molar-refractivity contribution in [3.63, 3.8) is 0 Å². The van der Waals surface area contributed by atoms with Crippen LogP contribution in [0.3, 0.4) is 0 Å². The molecule has 0 aromatic heterocycles. The summed E-state index contributed by atoms with van der Waals surface area (Å²) in [6, 6.07) is 3.64. The largest absolute Gasteiger partial charge is 0.493 e. The molecule has 0 spiro atoms. The first kappa shape index (κ1) is 17.3. The lowest BCUT2D eigenvalue weighted by atomic mass is 10.1. The van der Waals surface area contributed by atoms with E-state index in [9.17, 15) is 0 Å². The quantitative estimate of drug-likeness (QED) is 0.744. The highest BCUT2D eigenvalue weighted by molar-refractivity contribution is 9.11. The van der Waals surface area contributed by atoms with Gasteiger partial charge in [0.1, 0.15) is 6.61 Å². The van der Waals surface area contributed by atoms with Gasteiger partial charge in [0.05, 0.1) is 7.11 Å². The minimum atomic E-state index is 0.384. The predicted octanol–water partition coefficient (Wildman–Crippen LogP) is 4.38. The second-order valence-corrected chi connectivity index (χ2v) is 6.48. The Hall–Kier alpha value is -0.710. The lowest BCUT2D eigenvalue weighted by Crippen LogP contribution is -2.19. The van der Waals surface area contributed by atoms with E-state index >= 15 is 0 Å². The Morgan fingerprint density at radius 2 is 2.15 bits per heavy atom. The maximum atomic E-state index is 6.11. The van der Waals surface area contributed by atoms with Crippen LogP contribution in [0.25, 0.3) is 0 Å². The zero-order chi connectivity index (χ0) is 15.1. The first-order valence-corrected chi connectivity index (χ1v) is 7.64. The predicted molar refractivity (Wildman–Crippen MR) is 88.1 cm³/mol. The number of ether oxygens (including phenoxy) is 2. The van der Waals surface area contributed by atoms with Gasteiger partial charge in [0.15, 0.2) is 11.5 Å². The molecule has 0 unspecified atom stereocenters. The van der Waals surface area contributed by atoms with Crippen LogP contribution in [0.4, 0.5) is 0 Å². The average Bonchev–Trinajstić information content (AvgIpc) is 2.36. The lowest BCUT2D eigenvalue weighted by Gasteiger charge is -2.16. The van der Waals surface area contributed by atoms with E-state index in [1.807, 2.05) is 6.07 Å². The SMILES string of the molecule is C=C(Br)COc1c(CNCC(C)C)cc(Cl)cc1OC. The summed E-state index contributed by atoms with van der Waals surface area (Å²) in [7, 11) is 1.60. The van der Waals surface area contributed by atoms with Crippen molar-refractivity contribution >= 4 is 27.5 Å². The van der Waals surface area contributed by atoms with Gasteiger partial charge in [0, 0.05) is 27.7 Å². The van der Waals surface area contributed by atoms with Crippen molar-refractivity contribution in [1.82, 2.24) is 5.32 Å². The highest BCUT2D eigenvalue weighted by Crippen LogP contribution is 2.35. The van der Waals surface area contributed by atoms with Gasteiger partial charge in [0.2, 0.25) is 0 Å². The van der Waals surface area contributed by atoms with Crippen molar-refractivity contribution in [2.45, 2.75) is 20.4 Å². The van der Waals surface area contributed by atoms with E-state index in [4.69, 9.17) is 21.1 Å². The minimum Gasteiger partial charge on any atom is -0.493 e. The third kappa shape index (κ3) is 5.73. The number of benzene rings is 1. The highest BCUT2D eigenvalue weighted by atomic mass is 79.9. The Kier molecular flexibility index (Phi) is 7.41. The topological polar surface area (TPSA) is 30.5 Å². The molecule has 0 amide bonds. The Morgan fingerprint density at radius 3 is 2.70 bits per heavy atom. The molecule has 20 heavy (non-hydrogen) atoms. The second-order valence-electron chi connectivity index (χ2n) is 4.93. The molecule has 1 N–H and O–H groups in total. The standard InChI is InChI=1S/C15H21BrClNO2/c1-10(2)7-18-8-12-5-13(17)6-14(19-4)15(12)20-9-11(3)16/h5-6,10,18H,3,7-9H2,1-2,4H3. The molecule has 5 heteroatoms. The number of hydrogen-bond donors (Lipinski definition) is 1. The van der Waals surface area contributed by atoms with Crippen LogP contribution in [-0.4, -0.2) is 20.3 Å². The summed E-state index contributed by atoms with van der Waals surface area (Å²) < 4.78 is 11.9. The van der Waals surface area contributed by atoms with Crippen LogP contribution >= 0.6 is 27.5 Å². The highest BCUT2D eigenvalue weighted by Gasteiger charge is 2.13. The van der Waals surface area contributed by atoms with Crippen LogP contribution < -0.4 is 14.8 Å². The fourth-order valence-corrected chi connectivity index (χ4v) is 2.06. The number of methoxy groups -OCH3 is 1. The molecule has 0 saturated carbocycles. The van der Waals surface area contributed by atoms with E-state index in [0.717, 1.165) is 16.6 Å². The third-order valence-electron chi connectivity index (χ3n) is 2.56. The lowest BCUT2D eigenvalue weighted by molar-refractivity contribution is 0.320. The molecule has 1 aromatic rings. The van der Waals surface area contributed by atoms with Crippen molar-refractivity contribution in [3.05, 3.63) is 33.8 Å². The van der Waals surface area contributed by atoms with E-state index in [0.29, 0.717) is 35.6 Å². The average molecular weight is 363 g/mol. The maximum Gasteiger partial charge on any atom is 0.166 e. The maximum absolute atomic E-state index is 6.11. The van der Waals surface area contributed by atoms with Crippen LogP contribution in [0.1, 0.15) is 19.4 Å². The zero-order valence-electron chi connectivity index (χ0n) is 12.1. The van der Waals surface area contributed by atoms with Gasteiger partial charge in [-0.3, -0.25) is 0 Å². The van der Waals surface area contributed by atoms with Crippen LogP contribution in [0.2, 0.25) is 5.02 Å². The molecular weight excluding hydrogens is 342 g/mol. The first-order chi connectivity index (χ1) is 9.43. The van der Waals surface area contributed by atoms with Gasteiger partial charge in [-0.2, -0.15) is 0 Å². The van der Waals surface area contributed by atoms with Gasteiger partial charge in [-0.15, -0.1) is 0 Å². The zero-order valence-corrected chi connectivity index (χ0v) is 14.5. The molecule has 0 atom stereocenters. The van der Waals surface area contributed by atoms with Crippen molar-refractivity contribution in [2.24, 2.45) is 5.92 Å². The molecule has 0 fully saturated rings. The molecule has 0 radical (unpaired) electrons. The molecule has 1 aromatic carbocycles. The molecule has 0 bridgehead atoms. The third-order valence-corrected chi connectivity index (χ3v) is 3.00. The molecule has 0 aliphatic rings. The number of rotatable bonds is 8. The minimum absolute atomic E-state index is 0.384. The number of halogens is 2. The van der Waals surface area contributed by atoms with Crippen molar-refractivity contribution < 1.29 is 9.47 Å². The molecule has 1 rings (SSSR count). The van der Waals surface area contributed by atoms with Crippen LogP contribution in [-0.2, 0) is 6.54 Å². The molecule has 0 aliphatic heterocycles. The van der Waals surface area contributed by atoms with Gasteiger partial charge < -0.3 is 14.8 Å². The smallest absolute Gasteiger partial charge is 0.166 e. The summed E-state index contributed by atoms with van der Waals surface area (Å²) in [5.41, 5.74) is 0.976.